The molecule has 0 saturated heterocycles. The third-order valence-electron chi connectivity index (χ3n) is 2.81. The van der Waals surface area contributed by atoms with Gasteiger partial charge in [0.15, 0.2) is 5.75 Å². The minimum absolute atomic E-state index is 0.263. The Bertz CT molecular complexity index is 752. The van der Waals surface area contributed by atoms with E-state index in [9.17, 15) is 4.79 Å². The molecule has 0 spiro atoms. The number of hydrogen-bond acceptors (Lipinski definition) is 2. The zero-order chi connectivity index (χ0) is 17.0. The van der Waals surface area contributed by atoms with Gasteiger partial charge in [-0.15, -0.1) is 0 Å². The van der Waals surface area contributed by atoms with Gasteiger partial charge in [0.25, 0.3) is 0 Å². The van der Waals surface area contributed by atoms with Crippen molar-refractivity contribution in [2.75, 3.05) is 0 Å². The standard InChI is InChI=1S/C16H10BrCl3O3/c17-11-5-9(2-4-15(21)22)6-14(20)16(11)23-8-10-1-3-12(18)13(19)7-10/h1-7H,8H2,(H,21,22)/b4-2+. The third kappa shape index (κ3) is 5.15. The summed E-state index contributed by atoms with van der Waals surface area (Å²) < 4.78 is 6.33. The zero-order valence-corrected chi connectivity index (χ0v) is 15.4. The first kappa shape index (κ1) is 18.1. The van der Waals surface area contributed by atoms with Crippen molar-refractivity contribution in [1.82, 2.24) is 0 Å². The number of carbonyl (C=O) groups is 1. The maximum atomic E-state index is 10.5. The molecule has 120 valence electrons. The second-order valence-corrected chi connectivity index (χ2v) is 6.60. The number of carboxylic acid groups (broad SMARTS) is 1. The van der Waals surface area contributed by atoms with Gasteiger partial charge in [0.05, 0.1) is 19.5 Å². The molecule has 0 amide bonds. The van der Waals surface area contributed by atoms with Crippen LogP contribution in [0.3, 0.4) is 0 Å². The predicted octanol–water partition coefficient (Wildman–Crippen LogP) is 6.09. The van der Waals surface area contributed by atoms with Gasteiger partial charge in [-0.3, -0.25) is 0 Å². The van der Waals surface area contributed by atoms with E-state index in [1.807, 2.05) is 0 Å². The average Bonchev–Trinajstić information content (AvgIpc) is 2.48. The van der Waals surface area contributed by atoms with Crippen LogP contribution < -0.4 is 4.74 Å². The number of carboxylic acids is 1. The molecule has 2 aromatic carbocycles. The summed E-state index contributed by atoms with van der Waals surface area (Å²) in [4.78, 5) is 10.5. The monoisotopic (exact) mass is 434 g/mol. The average molecular weight is 437 g/mol. The van der Waals surface area contributed by atoms with E-state index in [2.05, 4.69) is 15.9 Å². The molecule has 0 aromatic heterocycles. The van der Waals surface area contributed by atoms with E-state index < -0.39 is 5.97 Å². The first-order chi connectivity index (χ1) is 10.9. The second kappa shape index (κ2) is 8.06. The topological polar surface area (TPSA) is 46.5 Å². The molecule has 0 aliphatic rings. The Kier molecular flexibility index (Phi) is 6.36. The van der Waals surface area contributed by atoms with Gasteiger partial charge in [0.1, 0.15) is 6.61 Å². The van der Waals surface area contributed by atoms with Gasteiger partial charge >= 0.3 is 5.97 Å². The van der Waals surface area contributed by atoms with Crippen LogP contribution in [-0.2, 0) is 11.4 Å². The molecule has 0 unspecified atom stereocenters. The zero-order valence-electron chi connectivity index (χ0n) is 11.5. The molecule has 0 bridgehead atoms. The minimum Gasteiger partial charge on any atom is -0.486 e. The molecule has 2 aromatic rings. The van der Waals surface area contributed by atoms with Crippen LogP contribution in [0.5, 0.6) is 5.75 Å². The van der Waals surface area contributed by atoms with E-state index in [0.29, 0.717) is 30.9 Å². The van der Waals surface area contributed by atoms with Crippen LogP contribution in [0.1, 0.15) is 11.1 Å². The summed E-state index contributed by atoms with van der Waals surface area (Å²) in [5.41, 5.74) is 1.49. The van der Waals surface area contributed by atoms with Gasteiger partial charge in [-0.1, -0.05) is 40.9 Å². The van der Waals surface area contributed by atoms with E-state index in [-0.39, 0.29) is 6.61 Å². The first-order valence-electron chi connectivity index (χ1n) is 6.33. The van der Waals surface area contributed by atoms with Crippen LogP contribution in [-0.4, -0.2) is 11.1 Å². The molecule has 0 saturated carbocycles. The van der Waals surface area contributed by atoms with E-state index >= 15 is 0 Å². The minimum atomic E-state index is -1.03. The Morgan fingerprint density at radius 2 is 1.87 bits per heavy atom. The summed E-state index contributed by atoms with van der Waals surface area (Å²) in [6.45, 7) is 0.263. The van der Waals surface area contributed by atoms with Gasteiger partial charge < -0.3 is 9.84 Å². The van der Waals surface area contributed by atoms with E-state index in [4.69, 9.17) is 44.6 Å². The lowest BCUT2D eigenvalue weighted by atomic mass is 10.2. The van der Waals surface area contributed by atoms with Crippen LogP contribution in [0, 0.1) is 0 Å². The van der Waals surface area contributed by atoms with Gasteiger partial charge in [-0.25, -0.2) is 4.79 Å². The van der Waals surface area contributed by atoms with E-state index in [1.54, 1.807) is 30.3 Å². The maximum Gasteiger partial charge on any atom is 0.328 e. The number of hydrogen-bond donors (Lipinski definition) is 1. The lowest BCUT2D eigenvalue weighted by Gasteiger charge is -2.11. The summed E-state index contributed by atoms with van der Waals surface area (Å²) >= 11 is 21.4. The number of aliphatic carboxylic acids is 1. The van der Waals surface area contributed by atoms with Crippen molar-refractivity contribution in [3.63, 3.8) is 0 Å². The fourth-order valence-electron chi connectivity index (χ4n) is 1.77. The van der Waals surface area contributed by atoms with E-state index in [1.165, 1.54) is 6.08 Å². The Morgan fingerprint density at radius 3 is 2.48 bits per heavy atom. The van der Waals surface area contributed by atoms with Crippen molar-refractivity contribution in [3.8, 4) is 5.75 Å². The second-order valence-electron chi connectivity index (χ2n) is 4.52. The van der Waals surface area contributed by atoms with Gasteiger partial charge in [0.2, 0.25) is 0 Å². The molecule has 0 aliphatic carbocycles. The fourth-order valence-corrected chi connectivity index (χ4v) is 3.08. The van der Waals surface area contributed by atoms with Gasteiger partial charge in [-0.05, 0) is 57.4 Å². The highest BCUT2D eigenvalue weighted by molar-refractivity contribution is 9.10. The Hall–Kier alpha value is -1.20. The Labute approximate surface area is 156 Å². The molecule has 0 heterocycles. The number of ether oxygens (including phenoxy) is 1. The highest BCUT2D eigenvalue weighted by Crippen LogP contribution is 2.35. The van der Waals surface area contributed by atoms with Crippen molar-refractivity contribution in [2.45, 2.75) is 6.61 Å². The van der Waals surface area contributed by atoms with Crippen LogP contribution in [0.2, 0.25) is 15.1 Å². The summed E-state index contributed by atoms with van der Waals surface area (Å²) in [6, 6.07) is 8.56. The molecule has 0 fully saturated rings. The lowest BCUT2D eigenvalue weighted by molar-refractivity contribution is -0.131. The molecule has 2 rings (SSSR count). The SMILES string of the molecule is O=C(O)/C=C/c1cc(Cl)c(OCc2ccc(Cl)c(Cl)c2)c(Br)c1. The molecule has 0 atom stereocenters. The van der Waals surface area contributed by atoms with Crippen molar-refractivity contribution < 1.29 is 14.6 Å². The molecule has 23 heavy (non-hydrogen) atoms. The largest absolute Gasteiger partial charge is 0.486 e. The molecular weight excluding hydrogens is 426 g/mol. The Balaban J connectivity index is 2.16. The van der Waals surface area contributed by atoms with Crippen molar-refractivity contribution in [2.24, 2.45) is 0 Å². The summed E-state index contributed by atoms with van der Waals surface area (Å²) in [5.74, 6) is -0.567. The summed E-state index contributed by atoms with van der Waals surface area (Å²) in [7, 11) is 0. The molecule has 3 nitrogen and oxygen atoms in total. The quantitative estimate of drug-likeness (QED) is 0.577. The lowest BCUT2D eigenvalue weighted by Crippen LogP contribution is -1.97. The fraction of sp³-hybridized carbons (Fsp3) is 0.0625. The van der Waals surface area contributed by atoms with Crippen LogP contribution >= 0.6 is 50.7 Å². The molecule has 1 N–H and O–H groups in total. The smallest absolute Gasteiger partial charge is 0.328 e. The first-order valence-corrected chi connectivity index (χ1v) is 8.26. The van der Waals surface area contributed by atoms with Crippen LogP contribution in [0.15, 0.2) is 40.9 Å². The van der Waals surface area contributed by atoms with Crippen molar-refractivity contribution >= 4 is 62.8 Å². The number of benzene rings is 2. The van der Waals surface area contributed by atoms with Gasteiger partial charge in [0, 0.05) is 6.08 Å². The Morgan fingerprint density at radius 1 is 1.13 bits per heavy atom. The summed E-state index contributed by atoms with van der Waals surface area (Å²) in [5, 5.41) is 9.94. The van der Waals surface area contributed by atoms with Crippen molar-refractivity contribution in [3.05, 3.63) is 67.1 Å². The van der Waals surface area contributed by atoms with E-state index in [0.717, 1.165) is 11.6 Å². The predicted molar refractivity (Wildman–Crippen MR) is 96.6 cm³/mol. The van der Waals surface area contributed by atoms with Crippen LogP contribution in [0.4, 0.5) is 0 Å². The number of rotatable bonds is 5. The molecule has 7 heteroatoms. The third-order valence-corrected chi connectivity index (χ3v) is 4.41. The van der Waals surface area contributed by atoms with Crippen LogP contribution in [0.25, 0.3) is 6.08 Å². The molecule has 0 aliphatic heterocycles. The highest BCUT2D eigenvalue weighted by Gasteiger charge is 2.10. The highest BCUT2D eigenvalue weighted by atomic mass is 79.9. The van der Waals surface area contributed by atoms with Gasteiger partial charge in [-0.2, -0.15) is 0 Å². The summed E-state index contributed by atoms with van der Waals surface area (Å²) in [6.07, 6.45) is 2.48. The molecule has 0 radical (unpaired) electrons. The van der Waals surface area contributed by atoms with Crippen molar-refractivity contribution in [1.29, 1.82) is 0 Å². The molecular formula is C16H10BrCl3O3. The normalized spacial score (nSPS) is 11.0. The maximum absolute atomic E-state index is 10.5. The number of halogens is 4.